The summed E-state index contributed by atoms with van der Waals surface area (Å²) in [5.41, 5.74) is 1.43. The SMILES string of the molecule is COc1cc(C(=O)N2C[C@H]3COC[C@@H]2CN(C)C3)c2ccccc2n1. The molecule has 0 aliphatic carbocycles. The number of likely N-dealkylation sites (N-methyl/N-ethyl adjacent to an activating group) is 1. The van der Waals surface area contributed by atoms with Crippen LogP contribution in [0.1, 0.15) is 10.4 Å². The van der Waals surface area contributed by atoms with Crippen LogP contribution in [0.3, 0.4) is 0 Å². The number of benzene rings is 1. The Morgan fingerprint density at radius 1 is 1.24 bits per heavy atom. The molecule has 1 amide bonds. The molecule has 25 heavy (non-hydrogen) atoms. The van der Waals surface area contributed by atoms with E-state index in [9.17, 15) is 4.79 Å². The lowest BCUT2D eigenvalue weighted by atomic mass is 10.1. The molecule has 0 unspecified atom stereocenters. The van der Waals surface area contributed by atoms with Gasteiger partial charge in [0.2, 0.25) is 5.88 Å². The standard InChI is InChI=1S/C19H23N3O3/c1-21-8-13-9-22(14(10-21)12-25-11-13)19(23)16-7-18(24-2)20-17-6-4-3-5-15(16)17/h3-7,13-14H,8-12H2,1-2H3/t13-,14-/m0/s1. The van der Waals surface area contributed by atoms with Crippen molar-refractivity contribution < 1.29 is 14.3 Å². The lowest BCUT2D eigenvalue weighted by Crippen LogP contribution is -2.46. The molecule has 0 N–H and O–H groups in total. The zero-order valence-electron chi connectivity index (χ0n) is 14.6. The fourth-order valence-corrected chi connectivity index (χ4v) is 3.91. The Labute approximate surface area is 147 Å². The Balaban J connectivity index is 1.76. The number of amides is 1. The summed E-state index contributed by atoms with van der Waals surface area (Å²) in [6.45, 7) is 3.83. The van der Waals surface area contributed by atoms with Crippen LogP contribution >= 0.6 is 0 Å². The zero-order chi connectivity index (χ0) is 17.4. The Morgan fingerprint density at radius 2 is 2.08 bits per heavy atom. The molecule has 0 radical (unpaired) electrons. The van der Waals surface area contributed by atoms with Gasteiger partial charge >= 0.3 is 0 Å². The molecule has 1 aromatic carbocycles. The van der Waals surface area contributed by atoms with Crippen molar-refractivity contribution >= 4 is 16.8 Å². The van der Waals surface area contributed by atoms with Crippen molar-refractivity contribution in [1.29, 1.82) is 0 Å². The predicted octanol–water partition coefficient (Wildman–Crippen LogP) is 1.65. The summed E-state index contributed by atoms with van der Waals surface area (Å²) < 4.78 is 11.1. The third-order valence-corrected chi connectivity index (χ3v) is 5.04. The van der Waals surface area contributed by atoms with E-state index in [1.54, 1.807) is 13.2 Å². The maximum absolute atomic E-state index is 13.5. The van der Waals surface area contributed by atoms with Gasteiger partial charge in [0.05, 0.1) is 37.4 Å². The third-order valence-electron chi connectivity index (χ3n) is 5.04. The molecule has 1 aromatic heterocycles. The molecular weight excluding hydrogens is 318 g/mol. The molecule has 2 atom stereocenters. The van der Waals surface area contributed by atoms with E-state index in [2.05, 4.69) is 16.9 Å². The highest BCUT2D eigenvalue weighted by Crippen LogP contribution is 2.26. The van der Waals surface area contributed by atoms with Crippen LogP contribution in [0, 0.1) is 5.92 Å². The number of methoxy groups -OCH3 is 1. The number of carbonyl (C=O) groups excluding carboxylic acids is 1. The van der Waals surface area contributed by atoms with Crippen LogP contribution < -0.4 is 4.74 Å². The molecule has 2 aromatic rings. The predicted molar refractivity (Wildman–Crippen MR) is 94.9 cm³/mol. The van der Waals surface area contributed by atoms with Gasteiger partial charge in [0.1, 0.15) is 0 Å². The number of ether oxygens (including phenoxy) is 2. The van der Waals surface area contributed by atoms with Crippen molar-refractivity contribution in [3.05, 3.63) is 35.9 Å². The van der Waals surface area contributed by atoms with Crippen LogP contribution in [-0.4, -0.2) is 73.7 Å². The summed E-state index contributed by atoms with van der Waals surface area (Å²) in [5, 5.41) is 0.862. The summed E-state index contributed by atoms with van der Waals surface area (Å²) in [4.78, 5) is 22.2. The maximum Gasteiger partial charge on any atom is 0.255 e. The number of aromatic nitrogens is 1. The number of nitrogens with zero attached hydrogens (tertiary/aromatic N) is 3. The molecule has 0 saturated carbocycles. The van der Waals surface area contributed by atoms with Gasteiger partial charge in [0.25, 0.3) is 5.91 Å². The van der Waals surface area contributed by atoms with Crippen LogP contribution in [0.2, 0.25) is 0 Å². The van der Waals surface area contributed by atoms with Gasteiger partial charge in [0.15, 0.2) is 0 Å². The quantitative estimate of drug-likeness (QED) is 0.831. The molecule has 6 heteroatoms. The summed E-state index contributed by atoms with van der Waals surface area (Å²) in [7, 11) is 3.69. The average molecular weight is 341 g/mol. The van der Waals surface area contributed by atoms with Gasteiger partial charge in [-0.1, -0.05) is 18.2 Å². The van der Waals surface area contributed by atoms with Gasteiger partial charge in [-0.2, -0.15) is 0 Å². The number of pyridine rings is 1. The van der Waals surface area contributed by atoms with Crippen LogP contribution in [0.15, 0.2) is 30.3 Å². The van der Waals surface area contributed by atoms with Crippen molar-refractivity contribution in [2.75, 3.05) is 47.0 Å². The number of rotatable bonds is 2. The molecule has 6 nitrogen and oxygen atoms in total. The second-order valence-electron chi connectivity index (χ2n) is 6.97. The molecule has 2 aliphatic heterocycles. The van der Waals surface area contributed by atoms with Gasteiger partial charge in [-0.3, -0.25) is 4.79 Å². The van der Waals surface area contributed by atoms with E-state index in [-0.39, 0.29) is 11.9 Å². The molecular formula is C19H23N3O3. The van der Waals surface area contributed by atoms with Crippen LogP contribution in [0.5, 0.6) is 5.88 Å². The molecule has 2 saturated heterocycles. The van der Waals surface area contributed by atoms with E-state index in [1.165, 1.54) is 0 Å². The molecule has 3 heterocycles. The van der Waals surface area contributed by atoms with E-state index in [0.29, 0.717) is 30.6 Å². The van der Waals surface area contributed by atoms with E-state index < -0.39 is 0 Å². The first-order chi connectivity index (χ1) is 12.2. The van der Waals surface area contributed by atoms with Crippen LogP contribution in [0.4, 0.5) is 0 Å². The van der Waals surface area contributed by atoms with Gasteiger partial charge < -0.3 is 19.3 Å². The van der Waals surface area contributed by atoms with E-state index >= 15 is 0 Å². The number of fused-ring (bicyclic) bond motifs is 4. The van der Waals surface area contributed by atoms with E-state index in [1.807, 2.05) is 29.2 Å². The Bertz CT molecular complexity index is 795. The lowest BCUT2D eigenvalue weighted by molar-refractivity contribution is 0.0484. The minimum atomic E-state index is 0.0349. The monoisotopic (exact) mass is 341 g/mol. The van der Waals surface area contributed by atoms with Gasteiger partial charge in [-0.25, -0.2) is 4.98 Å². The van der Waals surface area contributed by atoms with Crippen molar-refractivity contribution in [2.45, 2.75) is 6.04 Å². The number of carbonyl (C=O) groups is 1. The van der Waals surface area contributed by atoms with E-state index in [4.69, 9.17) is 9.47 Å². The average Bonchev–Trinajstić information content (AvgIpc) is 2.90. The van der Waals surface area contributed by atoms with Gasteiger partial charge in [-0.05, 0) is 13.1 Å². The fourth-order valence-electron chi connectivity index (χ4n) is 3.91. The Morgan fingerprint density at radius 3 is 2.92 bits per heavy atom. The highest BCUT2D eigenvalue weighted by molar-refractivity contribution is 6.06. The van der Waals surface area contributed by atoms with Gasteiger partial charge in [0, 0.05) is 37.0 Å². The van der Waals surface area contributed by atoms with Crippen LogP contribution in [-0.2, 0) is 4.74 Å². The molecule has 132 valence electrons. The second kappa shape index (κ2) is 6.61. The minimum absolute atomic E-state index is 0.0349. The molecule has 2 bridgehead atoms. The largest absolute Gasteiger partial charge is 0.481 e. The summed E-state index contributed by atoms with van der Waals surface area (Å²) >= 11 is 0. The molecule has 4 rings (SSSR count). The van der Waals surface area contributed by atoms with Crippen molar-refractivity contribution in [1.82, 2.24) is 14.8 Å². The molecule has 2 aliphatic rings. The molecule has 2 fully saturated rings. The third kappa shape index (κ3) is 3.07. The first-order valence-electron chi connectivity index (χ1n) is 8.66. The number of hydrogen-bond acceptors (Lipinski definition) is 5. The first kappa shape index (κ1) is 16.3. The highest BCUT2D eigenvalue weighted by atomic mass is 16.5. The van der Waals surface area contributed by atoms with Crippen molar-refractivity contribution in [3.63, 3.8) is 0 Å². The smallest absolute Gasteiger partial charge is 0.255 e. The number of para-hydroxylation sites is 1. The lowest BCUT2D eigenvalue weighted by Gasteiger charge is -2.30. The fraction of sp³-hybridized carbons (Fsp3) is 0.474. The second-order valence-corrected chi connectivity index (χ2v) is 6.97. The van der Waals surface area contributed by atoms with Crippen molar-refractivity contribution in [2.24, 2.45) is 5.92 Å². The van der Waals surface area contributed by atoms with Gasteiger partial charge in [-0.15, -0.1) is 0 Å². The van der Waals surface area contributed by atoms with E-state index in [0.717, 1.165) is 30.5 Å². The zero-order valence-corrected chi connectivity index (χ0v) is 14.6. The number of hydrogen-bond donors (Lipinski definition) is 0. The normalized spacial score (nSPS) is 24.2. The minimum Gasteiger partial charge on any atom is -0.481 e. The first-order valence-corrected chi connectivity index (χ1v) is 8.66. The summed E-state index contributed by atoms with van der Waals surface area (Å²) in [6, 6.07) is 9.54. The highest BCUT2D eigenvalue weighted by Gasteiger charge is 2.35. The Hall–Kier alpha value is -2.18. The Kier molecular flexibility index (Phi) is 4.31. The maximum atomic E-state index is 13.5. The summed E-state index contributed by atoms with van der Waals surface area (Å²) in [6.07, 6.45) is 0. The molecule has 0 spiro atoms. The topological polar surface area (TPSA) is 54.9 Å². The summed E-state index contributed by atoms with van der Waals surface area (Å²) in [5.74, 6) is 0.845. The van der Waals surface area contributed by atoms with Crippen molar-refractivity contribution in [3.8, 4) is 5.88 Å². The van der Waals surface area contributed by atoms with Crippen LogP contribution in [0.25, 0.3) is 10.9 Å².